The van der Waals surface area contributed by atoms with Gasteiger partial charge in [0, 0.05) is 30.3 Å². The molecule has 0 spiro atoms. The van der Waals surface area contributed by atoms with Gasteiger partial charge >= 0.3 is 0 Å². The number of sulfone groups is 1. The van der Waals surface area contributed by atoms with Crippen molar-refractivity contribution in [2.24, 2.45) is 0 Å². The van der Waals surface area contributed by atoms with Crippen LogP contribution >= 0.6 is 0 Å². The Morgan fingerprint density at radius 2 is 1.69 bits per heavy atom. The summed E-state index contributed by atoms with van der Waals surface area (Å²) in [5.74, 6) is 0.628. The number of rotatable bonds is 6. The maximum atomic E-state index is 13.3. The Kier molecular flexibility index (Phi) is 5.69. The number of carbonyl (C=O) groups is 1. The van der Waals surface area contributed by atoms with Gasteiger partial charge in [0.2, 0.25) is 15.7 Å². The zero-order valence-corrected chi connectivity index (χ0v) is 18.1. The molecule has 0 saturated carbocycles. The fourth-order valence-electron chi connectivity index (χ4n) is 3.02. The van der Waals surface area contributed by atoms with Gasteiger partial charge in [-0.2, -0.15) is 5.10 Å². The summed E-state index contributed by atoms with van der Waals surface area (Å²) >= 11 is 0. The van der Waals surface area contributed by atoms with Crippen LogP contribution in [0.1, 0.15) is 12.6 Å². The Morgan fingerprint density at radius 1 is 0.969 bits per heavy atom. The van der Waals surface area contributed by atoms with E-state index in [1.165, 1.54) is 31.2 Å². The number of anilines is 3. The molecule has 4 aromatic rings. The van der Waals surface area contributed by atoms with Crippen LogP contribution in [0.5, 0.6) is 0 Å². The van der Waals surface area contributed by atoms with Gasteiger partial charge in [-0.25, -0.2) is 18.4 Å². The minimum Gasteiger partial charge on any atom is -0.326 e. The monoisotopic (exact) mass is 448 g/mol. The predicted octanol–water partition coefficient (Wildman–Crippen LogP) is 3.71. The van der Waals surface area contributed by atoms with Gasteiger partial charge in [-0.1, -0.05) is 30.3 Å². The van der Waals surface area contributed by atoms with E-state index in [4.69, 9.17) is 0 Å². The number of hydrogen-bond donors (Lipinski definition) is 3. The van der Waals surface area contributed by atoms with Crippen molar-refractivity contribution < 1.29 is 13.2 Å². The second-order valence-electron chi connectivity index (χ2n) is 7.04. The lowest BCUT2D eigenvalue weighted by Gasteiger charge is -2.10. The molecule has 32 heavy (non-hydrogen) atoms. The Hall–Kier alpha value is -4.05. The molecule has 9 nitrogen and oxygen atoms in total. The number of nitrogens with one attached hydrogen (secondary N) is 3. The molecule has 0 aliphatic rings. The first-order chi connectivity index (χ1) is 15.3. The van der Waals surface area contributed by atoms with Crippen LogP contribution in [0.4, 0.5) is 17.3 Å². The highest BCUT2D eigenvalue weighted by molar-refractivity contribution is 7.91. The number of carbonyl (C=O) groups excluding carboxylic acids is 1. The minimum atomic E-state index is -4.03. The molecule has 0 atom stereocenters. The van der Waals surface area contributed by atoms with Crippen molar-refractivity contribution in [3.63, 3.8) is 0 Å². The number of nitrogens with zero attached hydrogens (tertiary/aromatic N) is 3. The first-order valence-electron chi connectivity index (χ1n) is 9.67. The standard InChI is InChI=1S/C22H20N6O3S/c1-14-12-21(28-27-14)25-20-13-19(16-6-4-3-5-7-16)24-22(26-20)32(30,31)18-10-8-17(9-11-18)23-15(2)29/h3-13H,1-2H3,(H,23,29)(H2,24,25,26,27,28). The highest BCUT2D eigenvalue weighted by Crippen LogP contribution is 2.26. The number of H-pyrrole nitrogens is 1. The van der Waals surface area contributed by atoms with Crippen LogP contribution in [0.15, 0.2) is 76.8 Å². The molecule has 0 saturated heterocycles. The van der Waals surface area contributed by atoms with E-state index in [-0.39, 0.29) is 16.0 Å². The van der Waals surface area contributed by atoms with E-state index in [1.54, 1.807) is 12.1 Å². The molecule has 4 rings (SSSR count). The third kappa shape index (κ3) is 4.65. The summed E-state index contributed by atoms with van der Waals surface area (Å²) in [7, 11) is -4.03. The minimum absolute atomic E-state index is 0.0140. The zero-order valence-electron chi connectivity index (χ0n) is 17.3. The summed E-state index contributed by atoms with van der Waals surface area (Å²) in [5, 5.41) is 12.2. The zero-order chi connectivity index (χ0) is 22.7. The molecule has 0 aliphatic heterocycles. The third-order valence-electron chi connectivity index (χ3n) is 4.47. The second kappa shape index (κ2) is 8.60. The average molecular weight is 449 g/mol. The Morgan fingerprint density at radius 3 is 2.31 bits per heavy atom. The molecule has 1 amide bonds. The van der Waals surface area contributed by atoms with Gasteiger partial charge in [-0.15, -0.1) is 0 Å². The van der Waals surface area contributed by atoms with Gasteiger partial charge in [0.25, 0.3) is 5.16 Å². The first kappa shape index (κ1) is 21.2. The van der Waals surface area contributed by atoms with Crippen LogP contribution in [0.3, 0.4) is 0 Å². The maximum absolute atomic E-state index is 13.3. The molecule has 3 N–H and O–H groups in total. The summed E-state index contributed by atoms with van der Waals surface area (Å²) in [6, 6.07) is 18.5. The van der Waals surface area contributed by atoms with Gasteiger partial charge in [0.1, 0.15) is 11.6 Å². The van der Waals surface area contributed by atoms with Crippen molar-refractivity contribution in [3.8, 4) is 11.3 Å². The van der Waals surface area contributed by atoms with E-state index in [0.29, 0.717) is 23.0 Å². The summed E-state index contributed by atoms with van der Waals surface area (Å²) in [6.45, 7) is 3.21. The van der Waals surface area contributed by atoms with Crippen LogP contribution in [0.25, 0.3) is 11.3 Å². The largest absolute Gasteiger partial charge is 0.326 e. The van der Waals surface area contributed by atoms with E-state index in [9.17, 15) is 13.2 Å². The average Bonchev–Trinajstić information content (AvgIpc) is 3.18. The molecule has 2 aromatic heterocycles. The van der Waals surface area contributed by atoms with E-state index >= 15 is 0 Å². The van der Waals surface area contributed by atoms with Crippen LogP contribution < -0.4 is 10.6 Å². The molecule has 2 aromatic carbocycles. The van der Waals surface area contributed by atoms with Crippen LogP contribution in [0, 0.1) is 6.92 Å². The number of aryl methyl sites for hydroxylation is 1. The molecular weight excluding hydrogens is 428 g/mol. The van der Waals surface area contributed by atoms with E-state index < -0.39 is 9.84 Å². The molecule has 10 heteroatoms. The Balaban J connectivity index is 1.77. The van der Waals surface area contributed by atoms with Gasteiger partial charge < -0.3 is 10.6 Å². The summed E-state index contributed by atoms with van der Waals surface area (Å²) in [4.78, 5) is 19.8. The van der Waals surface area contributed by atoms with Crippen molar-refractivity contribution in [3.05, 3.63) is 72.4 Å². The van der Waals surface area contributed by atoms with Crippen molar-refractivity contribution in [1.82, 2.24) is 20.2 Å². The van der Waals surface area contributed by atoms with Crippen molar-refractivity contribution >= 4 is 33.1 Å². The molecule has 2 heterocycles. The van der Waals surface area contributed by atoms with Gasteiger partial charge in [-0.05, 0) is 31.2 Å². The lowest BCUT2D eigenvalue weighted by Crippen LogP contribution is -2.10. The molecule has 0 radical (unpaired) electrons. The number of amides is 1. The summed E-state index contributed by atoms with van der Waals surface area (Å²) < 4.78 is 26.6. The first-order valence-corrected chi connectivity index (χ1v) is 11.2. The predicted molar refractivity (Wildman–Crippen MR) is 120 cm³/mol. The van der Waals surface area contributed by atoms with Crippen LogP contribution in [-0.2, 0) is 14.6 Å². The third-order valence-corrected chi connectivity index (χ3v) is 6.03. The lowest BCUT2D eigenvalue weighted by atomic mass is 10.1. The molecule has 0 bridgehead atoms. The highest BCUT2D eigenvalue weighted by Gasteiger charge is 2.23. The molecule has 0 unspecified atom stereocenters. The van der Waals surface area contributed by atoms with Crippen molar-refractivity contribution in [2.75, 3.05) is 10.6 Å². The number of aromatic amines is 1. The Bertz CT molecular complexity index is 1370. The maximum Gasteiger partial charge on any atom is 0.254 e. The lowest BCUT2D eigenvalue weighted by molar-refractivity contribution is -0.114. The van der Waals surface area contributed by atoms with E-state index in [1.807, 2.05) is 37.3 Å². The Labute approximate surface area is 184 Å². The second-order valence-corrected chi connectivity index (χ2v) is 8.89. The molecule has 0 fully saturated rings. The normalized spacial score (nSPS) is 11.2. The SMILES string of the molecule is CC(=O)Nc1ccc(S(=O)(=O)c2nc(Nc3cc(C)n[nH]3)cc(-c3ccccc3)n2)cc1. The topological polar surface area (TPSA) is 130 Å². The number of hydrogen-bond acceptors (Lipinski definition) is 7. The summed E-state index contributed by atoms with van der Waals surface area (Å²) in [6.07, 6.45) is 0. The summed E-state index contributed by atoms with van der Waals surface area (Å²) in [5.41, 5.74) is 2.47. The quantitative estimate of drug-likeness (QED) is 0.383. The van der Waals surface area contributed by atoms with Crippen LogP contribution in [0.2, 0.25) is 0 Å². The van der Waals surface area contributed by atoms with Crippen molar-refractivity contribution in [2.45, 2.75) is 23.9 Å². The smallest absolute Gasteiger partial charge is 0.254 e. The fraction of sp³-hybridized carbons (Fsp3) is 0.0909. The molecule has 0 aliphatic carbocycles. The molecular formula is C22H20N6O3S. The van der Waals surface area contributed by atoms with E-state index in [0.717, 1.165) is 11.3 Å². The highest BCUT2D eigenvalue weighted by atomic mass is 32.2. The van der Waals surface area contributed by atoms with Gasteiger partial charge in [-0.3, -0.25) is 9.89 Å². The number of aromatic nitrogens is 4. The van der Waals surface area contributed by atoms with Gasteiger partial charge in [0.05, 0.1) is 16.3 Å². The fourth-order valence-corrected chi connectivity index (χ4v) is 4.16. The molecule has 162 valence electrons. The van der Waals surface area contributed by atoms with Gasteiger partial charge in [0.15, 0.2) is 0 Å². The van der Waals surface area contributed by atoms with E-state index in [2.05, 4.69) is 30.8 Å². The number of benzene rings is 2. The van der Waals surface area contributed by atoms with Crippen LogP contribution in [-0.4, -0.2) is 34.5 Å². The van der Waals surface area contributed by atoms with Crippen molar-refractivity contribution in [1.29, 1.82) is 0 Å².